The molecule has 0 fully saturated rings. The van der Waals surface area contributed by atoms with Crippen LogP contribution in [0.5, 0.6) is 0 Å². The molecule has 0 radical (unpaired) electrons. The van der Waals surface area contributed by atoms with E-state index in [0.29, 0.717) is 0 Å². The van der Waals surface area contributed by atoms with Gasteiger partial charge in [0.05, 0.1) is 5.25 Å². The molecule has 0 saturated carbocycles. The second-order valence-corrected chi connectivity index (χ2v) is 3.16. The standard InChI is InChI=1S/C4H8O3S.K/c1-3-4(2)8(5,6)7;/h3-4H,1H2,2H3,(H,5,6,7);/q;+1/p-1. The summed E-state index contributed by atoms with van der Waals surface area (Å²) < 4.78 is 29.8. The van der Waals surface area contributed by atoms with Crippen LogP contribution in [0.4, 0.5) is 0 Å². The van der Waals surface area contributed by atoms with Gasteiger partial charge < -0.3 is 4.55 Å². The molecule has 0 N–H and O–H groups in total. The molecule has 0 amide bonds. The Hall–Kier alpha value is 1.29. The summed E-state index contributed by atoms with van der Waals surface area (Å²) >= 11 is 0. The van der Waals surface area contributed by atoms with E-state index in [-0.39, 0.29) is 51.4 Å². The van der Waals surface area contributed by atoms with E-state index in [0.717, 1.165) is 6.08 Å². The molecule has 1 unspecified atom stereocenters. The summed E-state index contributed by atoms with van der Waals surface area (Å²) in [7, 11) is -4.12. The van der Waals surface area contributed by atoms with Gasteiger partial charge in [0, 0.05) is 0 Å². The number of rotatable bonds is 2. The second-order valence-electron chi connectivity index (χ2n) is 1.43. The van der Waals surface area contributed by atoms with Gasteiger partial charge in [-0.2, -0.15) is 0 Å². The quantitative estimate of drug-likeness (QED) is 0.256. The first-order valence-corrected chi connectivity index (χ1v) is 3.53. The minimum Gasteiger partial charge on any atom is -0.747 e. The minimum atomic E-state index is -4.12. The molecule has 0 spiro atoms. The Balaban J connectivity index is 0. The van der Waals surface area contributed by atoms with Crippen LogP contribution in [0.25, 0.3) is 0 Å². The number of hydrogen-bond donors (Lipinski definition) is 0. The molecule has 9 heavy (non-hydrogen) atoms. The molecule has 0 aromatic heterocycles. The van der Waals surface area contributed by atoms with Gasteiger partial charge in [-0.05, 0) is 6.92 Å². The van der Waals surface area contributed by atoms with Gasteiger partial charge in [0.25, 0.3) is 0 Å². The van der Waals surface area contributed by atoms with Gasteiger partial charge in [0.15, 0.2) is 0 Å². The van der Waals surface area contributed by atoms with Gasteiger partial charge in [-0.3, -0.25) is 0 Å². The average Bonchev–Trinajstić information content (AvgIpc) is 1.62. The maximum Gasteiger partial charge on any atom is 1.00 e. The third-order valence-corrected chi connectivity index (χ3v) is 1.89. The zero-order chi connectivity index (χ0) is 6.78. The molecule has 0 heterocycles. The van der Waals surface area contributed by atoms with E-state index < -0.39 is 15.4 Å². The van der Waals surface area contributed by atoms with Crippen LogP contribution in [0, 0.1) is 0 Å². The Morgan fingerprint density at radius 3 is 2.00 bits per heavy atom. The molecule has 0 aliphatic carbocycles. The molecular formula is C4H7KO3S. The summed E-state index contributed by atoms with van der Waals surface area (Å²) in [6, 6.07) is 0. The molecule has 3 nitrogen and oxygen atoms in total. The second kappa shape index (κ2) is 5.01. The smallest absolute Gasteiger partial charge is 0.747 e. The molecule has 5 heteroatoms. The van der Waals surface area contributed by atoms with Crippen LogP contribution in [0.1, 0.15) is 6.92 Å². The molecule has 0 aliphatic heterocycles. The zero-order valence-corrected chi connectivity index (χ0v) is 9.43. The molecule has 0 bridgehead atoms. The molecule has 0 saturated heterocycles. The van der Waals surface area contributed by atoms with E-state index in [2.05, 4.69) is 6.58 Å². The zero-order valence-electron chi connectivity index (χ0n) is 5.49. The third-order valence-electron chi connectivity index (χ3n) is 0.787. The molecule has 0 rings (SSSR count). The van der Waals surface area contributed by atoms with Crippen LogP contribution in [-0.2, 0) is 10.1 Å². The predicted octanol–water partition coefficient (Wildman–Crippen LogP) is -2.89. The Morgan fingerprint density at radius 1 is 1.67 bits per heavy atom. The Bertz CT molecular complexity index is 172. The first-order valence-electron chi connectivity index (χ1n) is 2.05. The molecule has 0 aromatic carbocycles. The van der Waals surface area contributed by atoms with E-state index in [4.69, 9.17) is 0 Å². The number of hydrogen-bond acceptors (Lipinski definition) is 3. The summed E-state index contributed by atoms with van der Waals surface area (Å²) in [6.45, 7) is 4.43. The van der Waals surface area contributed by atoms with Crippen LogP contribution in [0.3, 0.4) is 0 Å². The van der Waals surface area contributed by atoms with E-state index in [9.17, 15) is 13.0 Å². The normalized spacial score (nSPS) is 13.6. The van der Waals surface area contributed by atoms with E-state index in [1.165, 1.54) is 6.92 Å². The van der Waals surface area contributed by atoms with Gasteiger partial charge in [-0.1, -0.05) is 6.08 Å². The van der Waals surface area contributed by atoms with Gasteiger partial charge in [-0.25, -0.2) is 8.42 Å². The van der Waals surface area contributed by atoms with Crippen molar-refractivity contribution in [3.63, 3.8) is 0 Å². The van der Waals surface area contributed by atoms with Gasteiger partial charge >= 0.3 is 51.4 Å². The molecule has 0 aromatic rings. The monoisotopic (exact) mass is 174 g/mol. The van der Waals surface area contributed by atoms with Crippen LogP contribution < -0.4 is 51.4 Å². The van der Waals surface area contributed by atoms with E-state index >= 15 is 0 Å². The van der Waals surface area contributed by atoms with Crippen molar-refractivity contribution in [2.24, 2.45) is 0 Å². The first kappa shape index (κ1) is 12.9. The van der Waals surface area contributed by atoms with E-state index in [1.807, 2.05) is 0 Å². The van der Waals surface area contributed by atoms with Crippen molar-refractivity contribution in [3.05, 3.63) is 12.7 Å². The maximum absolute atomic E-state index is 9.94. The fraction of sp³-hybridized carbons (Fsp3) is 0.500. The SMILES string of the molecule is C=CC(C)S(=O)(=O)[O-].[K+]. The van der Waals surface area contributed by atoms with Gasteiger partial charge in [0.2, 0.25) is 0 Å². The van der Waals surface area contributed by atoms with Gasteiger partial charge in [-0.15, -0.1) is 6.58 Å². The third kappa shape index (κ3) is 5.72. The Kier molecular flexibility index (Phi) is 7.19. The van der Waals surface area contributed by atoms with Crippen molar-refractivity contribution in [1.82, 2.24) is 0 Å². The summed E-state index contributed by atoms with van der Waals surface area (Å²) in [5.74, 6) is 0. The van der Waals surface area contributed by atoms with Crippen molar-refractivity contribution in [1.29, 1.82) is 0 Å². The van der Waals surface area contributed by atoms with Crippen LogP contribution in [0.15, 0.2) is 12.7 Å². The Labute approximate surface area is 97.7 Å². The maximum atomic E-state index is 9.94. The van der Waals surface area contributed by atoms with Crippen molar-refractivity contribution >= 4 is 10.1 Å². The van der Waals surface area contributed by atoms with Crippen LogP contribution in [-0.4, -0.2) is 18.2 Å². The summed E-state index contributed by atoms with van der Waals surface area (Å²) in [5.41, 5.74) is 0. The fourth-order valence-corrected chi connectivity index (χ4v) is 0.354. The van der Waals surface area contributed by atoms with Crippen molar-refractivity contribution in [2.45, 2.75) is 12.2 Å². The fourth-order valence-electron chi connectivity index (χ4n) is 0.118. The first-order chi connectivity index (χ1) is 3.48. The summed E-state index contributed by atoms with van der Waals surface area (Å²) in [5, 5.41) is -0.970. The topological polar surface area (TPSA) is 57.2 Å². The largest absolute Gasteiger partial charge is 1.00 e. The van der Waals surface area contributed by atoms with Crippen LogP contribution >= 0.6 is 0 Å². The molecule has 0 aliphatic rings. The van der Waals surface area contributed by atoms with Crippen LogP contribution in [0.2, 0.25) is 0 Å². The molecular weight excluding hydrogens is 167 g/mol. The minimum absolute atomic E-state index is 0. The summed E-state index contributed by atoms with van der Waals surface area (Å²) in [4.78, 5) is 0. The molecule has 1 atom stereocenters. The average molecular weight is 174 g/mol. The summed E-state index contributed by atoms with van der Waals surface area (Å²) in [6.07, 6.45) is 1.10. The van der Waals surface area contributed by atoms with Crippen molar-refractivity contribution < 1.29 is 64.4 Å². The van der Waals surface area contributed by atoms with Crippen molar-refractivity contribution in [2.75, 3.05) is 0 Å². The predicted molar refractivity (Wildman–Crippen MR) is 29.4 cm³/mol. The molecule has 48 valence electrons. The van der Waals surface area contributed by atoms with Gasteiger partial charge in [0.1, 0.15) is 10.1 Å². The Morgan fingerprint density at radius 2 is 2.00 bits per heavy atom. The van der Waals surface area contributed by atoms with E-state index in [1.54, 1.807) is 0 Å². The van der Waals surface area contributed by atoms with Crippen molar-refractivity contribution in [3.8, 4) is 0 Å².